The highest BCUT2D eigenvalue weighted by molar-refractivity contribution is 7.92. The number of benzene rings is 2. The number of carbonyl (C=O) groups excluding carboxylic acids is 2. The van der Waals surface area contributed by atoms with Crippen molar-refractivity contribution in [2.45, 2.75) is 32.2 Å². The van der Waals surface area contributed by atoms with Crippen LogP contribution in [-0.4, -0.2) is 50.5 Å². The zero-order valence-corrected chi connectivity index (χ0v) is 18.1. The summed E-state index contributed by atoms with van der Waals surface area (Å²) in [7, 11) is -3.71. The predicted octanol–water partition coefficient (Wildman–Crippen LogP) is 3.11. The smallest absolute Gasteiger partial charge is 0.255 e. The zero-order valence-electron chi connectivity index (χ0n) is 17.2. The Morgan fingerprint density at radius 3 is 2.23 bits per heavy atom. The Kier molecular flexibility index (Phi) is 6.77. The average molecular weight is 430 g/mol. The summed E-state index contributed by atoms with van der Waals surface area (Å²) in [4.78, 5) is 27.8. The summed E-state index contributed by atoms with van der Waals surface area (Å²) >= 11 is 0. The molecule has 2 aromatic carbocycles. The molecule has 0 spiro atoms. The van der Waals surface area contributed by atoms with Crippen molar-refractivity contribution >= 4 is 33.2 Å². The molecule has 1 saturated heterocycles. The third-order valence-electron chi connectivity index (χ3n) is 5.15. The van der Waals surface area contributed by atoms with E-state index < -0.39 is 22.0 Å². The van der Waals surface area contributed by atoms with Crippen molar-refractivity contribution in [3.8, 4) is 0 Å². The molecule has 0 radical (unpaired) electrons. The van der Waals surface area contributed by atoms with Crippen molar-refractivity contribution in [2.75, 3.05) is 29.0 Å². The summed E-state index contributed by atoms with van der Waals surface area (Å²) in [6.07, 6.45) is 3.30. The molecular formula is C22H27N3O4S. The Balaban J connectivity index is 1.89. The van der Waals surface area contributed by atoms with Gasteiger partial charge < -0.3 is 10.2 Å². The number of nitrogens with zero attached hydrogens (tertiary/aromatic N) is 2. The van der Waals surface area contributed by atoms with E-state index in [0.717, 1.165) is 23.4 Å². The van der Waals surface area contributed by atoms with Gasteiger partial charge in [0.05, 0.1) is 23.2 Å². The van der Waals surface area contributed by atoms with Gasteiger partial charge in [0.2, 0.25) is 15.9 Å². The van der Waals surface area contributed by atoms with Gasteiger partial charge in [0, 0.05) is 13.1 Å². The van der Waals surface area contributed by atoms with Gasteiger partial charge in [-0.3, -0.25) is 13.9 Å². The van der Waals surface area contributed by atoms with Crippen molar-refractivity contribution in [1.29, 1.82) is 0 Å². The van der Waals surface area contributed by atoms with Crippen LogP contribution < -0.4 is 9.62 Å². The van der Waals surface area contributed by atoms with Gasteiger partial charge in [0.15, 0.2) is 0 Å². The second-order valence-electron chi connectivity index (χ2n) is 7.35. The molecule has 1 atom stereocenters. The van der Waals surface area contributed by atoms with Crippen LogP contribution in [-0.2, 0) is 14.8 Å². The average Bonchev–Trinajstić information content (AvgIpc) is 3.26. The molecule has 2 aromatic rings. The lowest BCUT2D eigenvalue weighted by Gasteiger charge is -2.30. The van der Waals surface area contributed by atoms with E-state index in [1.165, 1.54) is 0 Å². The molecule has 1 aliphatic heterocycles. The van der Waals surface area contributed by atoms with Crippen molar-refractivity contribution in [3.05, 3.63) is 60.2 Å². The Bertz CT molecular complexity index is 1000. The SMILES string of the molecule is CC[C@H](C(=O)Nc1ccccc1C(=O)N1CCCC1)N(c1ccccc1)S(C)(=O)=O. The molecule has 160 valence electrons. The van der Waals surface area contributed by atoms with Crippen LogP contribution in [0.25, 0.3) is 0 Å². The molecule has 30 heavy (non-hydrogen) atoms. The summed E-state index contributed by atoms with van der Waals surface area (Å²) in [5, 5.41) is 2.80. The maximum absolute atomic E-state index is 13.2. The van der Waals surface area contributed by atoms with Gasteiger partial charge >= 0.3 is 0 Å². The van der Waals surface area contributed by atoms with E-state index in [2.05, 4.69) is 5.32 Å². The van der Waals surface area contributed by atoms with Crippen LogP contribution in [0.15, 0.2) is 54.6 Å². The van der Waals surface area contributed by atoms with E-state index in [1.54, 1.807) is 66.4 Å². The fourth-order valence-corrected chi connectivity index (χ4v) is 4.93. The molecule has 0 aliphatic carbocycles. The first kappa shape index (κ1) is 21.8. The van der Waals surface area contributed by atoms with Gasteiger partial charge in [-0.05, 0) is 43.5 Å². The molecule has 1 heterocycles. The minimum absolute atomic E-state index is 0.125. The van der Waals surface area contributed by atoms with E-state index in [1.807, 2.05) is 0 Å². The molecule has 8 heteroatoms. The van der Waals surface area contributed by atoms with Crippen molar-refractivity contribution in [3.63, 3.8) is 0 Å². The maximum Gasteiger partial charge on any atom is 0.255 e. The van der Waals surface area contributed by atoms with Crippen molar-refractivity contribution in [2.24, 2.45) is 0 Å². The summed E-state index contributed by atoms with van der Waals surface area (Å²) in [6.45, 7) is 3.16. The summed E-state index contributed by atoms with van der Waals surface area (Å²) in [5.41, 5.74) is 1.22. The molecular weight excluding hydrogens is 402 g/mol. The first-order valence-electron chi connectivity index (χ1n) is 10.1. The first-order chi connectivity index (χ1) is 14.3. The minimum Gasteiger partial charge on any atom is -0.339 e. The fourth-order valence-electron chi connectivity index (χ4n) is 3.72. The van der Waals surface area contributed by atoms with Gasteiger partial charge in [0.1, 0.15) is 6.04 Å². The number of para-hydroxylation sites is 2. The second-order valence-corrected chi connectivity index (χ2v) is 9.21. The predicted molar refractivity (Wildman–Crippen MR) is 118 cm³/mol. The van der Waals surface area contributed by atoms with Crippen LogP contribution in [0.3, 0.4) is 0 Å². The van der Waals surface area contributed by atoms with Crippen LogP contribution >= 0.6 is 0 Å². The highest BCUT2D eigenvalue weighted by atomic mass is 32.2. The Morgan fingerprint density at radius 2 is 1.63 bits per heavy atom. The van der Waals surface area contributed by atoms with E-state index in [9.17, 15) is 18.0 Å². The highest BCUT2D eigenvalue weighted by Crippen LogP contribution is 2.25. The zero-order chi connectivity index (χ0) is 21.7. The van der Waals surface area contributed by atoms with Crippen LogP contribution in [0.5, 0.6) is 0 Å². The molecule has 0 unspecified atom stereocenters. The van der Waals surface area contributed by atoms with Gasteiger partial charge in [-0.25, -0.2) is 8.42 Å². The Morgan fingerprint density at radius 1 is 1.03 bits per heavy atom. The van der Waals surface area contributed by atoms with Crippen LogP contribution in [0, 0.1) is 0 Å². The van der Waals surface area contributed by atoms with Crippen LogP contribution in [0.1, 0.15) is 36.5 Å². The van der Waals surface area contributed by atoms with Gasteiger partial charge in [-0.2, -0.15) is 0 Å². The summed E-state index contributed by atoms with van der Waals surface area (Å²) < 4.78 is 26.2. The molecule has 1 fully saturated rings. The maximum atomic E-state index is 13.2. The number of amides is 2. The molecule has 0 aromatic heterocycles. The quantitative estimate of drug-likeness (QED) is 0.733. The largest absolute Gasteiger partial charge is 0.339 e. The third kappa shape index (κ3) is 4.81. The molecule has 1 N–H and O–H groups in total. The highest BCUT2D eigenvalue weighted by Gasteiger charge is 2.32. The van der Waals surface area contributed by atoms with Crippen molar-refractivity contribution in [1.82, 2.24) is 4.90 Å². The lowest BCUT2D eigenvalue weighted by Crippen LogP contribution is -2.47. The van der Waals surface area contributed by atoms with Crippen LogP contribution in [0.2, 0.25) is 0 Å². The molecule has 0 saturated carbocycles. The summed E-state index contributed by atoms with van der Waals surface area (Å²) in [6, 6.07) is 14.4. The number of carbonyl (C=O) groups is 2. The van der Waals surface area contributed by atoms with E-state index >= 15 is 0 Å². The number of nitrogens with one attached hydrogen (secondary N) is 1. The fraction of sp³-hybridized carbons (Fsp3) is 0.364. The number of hydrogen-bond acceptors (Lipinski definition) is 4. The molecule has 0 bridgehead atoms. The molecule has 2 amide bonds. The van der Waals surface area contributed by atoms with E-state index in [4.69, 9.17) is 0 Å². The number of likely N-dealkylation sites (tertiary alicyclic amines) is 1. The minimum atomic E-state index is -3.71. The number of hydrogen-bond donors (Lipinski definition) is 1. The molecule has 7 nitrogen and oxygen atoms in total. The number of rotatable bonds is 7. The van der Waals surface area contributed by atoms with Gasteiger partial charge in [0.25, 0.3) is 5.91 Å². The molecule has 1 aliphatic rings. The standard InChI is InChI=1S/C22H27N3O4S/c1-3-20(25(30(2,28)29)17-11-5-4-6-12-17)21(26)23-19-14-8-7-13-18(19)22(27)24-15-9-10-16-24/h4-8,11-14,20H,3,9-10,15-16H2,1-2H3,(H,23,26)/t20-/m1/s1. The van der Waals surface area contributed by atoms with Gasteiger partial charge in [-0.1, -0.05) is 37.3 Å². The first-order valence-corrected chi connectivity index (χ1v) is 11.9. The van der Waals surface area contributed by atoms with Gasteiger partial charge in [-0.15, -0.1) is 0 Å². The topological polar surface area (TPSA) is 86.8 Å². The third-order valence-corrected chi connectivity index (χ3v) is 6.33. The second kappa shape index (κ2) is 9.30. The lowest BCUT2D eigenvalue weighted by molar-refractivity contribution is -0.117. The number of anilines is 2. The Labute approximate surface area is 177 Å². The normalized spacial score (nSPS) is 14.9. The Hall–Kier alpha value is -2.87. The molecule has 3 rings (SSSR count). The summed E-state index contributed by atoms with van der Waals surface area (Å²) in [5.74, 6) is -0.604. The van der Waals surface area contributed by atoms with E-state index in [-0.39, 0.29) is 12.3 Å². The number of sulfonamides is 1. The lowest BCUT2D eigenvalue weighted by atomic mass is 10.1. The monoisotopic (exact) mass is 429 g/mol. The van der Waals surface area contributed by atoms with Crippen molar-refractivity contribution < 1.29 is 18.0 Å². The van der Waals surface area contributed by atoms with E-state index in [0.29, 0.717) is 30.0 Å². The van der Waals surface area contributed by atoms with Crippen LogP contribution in [0.4, 0.5) is 11.4 Å².